The van der Waals surface area contributed by atoms with Crippen molar-refractivity contribution in [1.82, 2.24) is 0 Å². The van der Waals surface area contributed by atoms with Gasteiger partial charge in [0.1, 0.15) is 5.75 Å². The van der Waals surface area contributed by atoms with Crippen molar-refractivity contribution in [3.05, 3.63) is 87.4 Å². The Morgan fingerprint density at radius 1 is 0.909 bits per heavy atom. The van der Waals surface area contributed by atoms with Crippen molar-refractivity contribution in [3.63, 3.8) is 0 Å². The maximum absolute atomic E-state index is 12.8. The van der Waals surface area contributed by atoms with Gasteiger partial charge in [0, 0.05) is 21.4 Å². The number of hydrogen-bond acceptors (Lipinski definition) is 3. The molecule has 0 saturated heterocycles. The fourth-order valence-corrected chi connectivity index (χ4v) is 3.83. The number of aryl methyl sites for hydroxylation is 2. The smallest absolute Gasteiger partial charge is 0.416 e. The minimum atomic E-state index is -4.50. The second-order valence-corrected chi connectivity index (χ2v) is 8.23. The van der Waals surface area contributed by atoms with Gasteiger partial charge in [0.05, 0.1) is 5.56 Å². The predicted octanol–water partition coefficient (Wildman–Crippen LogP) is 6.35. The zero-order valence-electron chi connectivity index (χ0n) is 17.7. The number of hydrogen-bond donors (Lipinski definition) is 2. The van der Waals surface area contributed by atoms with Gasteiger partial charge in [-0.05, 0) is 79.6 Å². The van der Waals surface area contributed by atoms with Crippen LogP contribution in [0.3, 0.4) is 0 Å². The van der Waals surface area contributed by atoms with Gasteiger partial charge < -0.3 is 15.4 Å². The normalized spacial score (nSPS) is 11.1. The Morgan fingerprint density at radius 2 is 1.55 bits per heavy atom. The van der Waals surface area contributed by atoms with Crippen molar-refractivity contribution in [2.75, 3.05) is 17.2 Å². The molecule has 2 amide bonds. The van der Waals surface area contributed by atoms with Gasteiger partial charge in [-0.1, -0.05) is 22.0 Å². The molecule has 2 N–H and O–H groups in total. The summed E-state index contributed by atoms with van der Waals surface area (Å²) in [4.78, 5) is 24.6. The number of carbonyl (C=O) groups excluding carboxylic acids is 2. The average Bonchev–Trinajstić information content (AvgIpc) is 2.73. The summed E-state index contributed by atoms with van der Waals surface area (Å²) < 4.78 is 45.0. The highest BCUT2D eigenvalue weighted by atomic mass is 79.9. The largest absolute Gasteiger partial charge is 0.483 e. The lowest BCUT2D eigenvalue weighted by Gasteiger charge is -2.13. The van der Waals surface area contributed by atoms with E-state index in [9.17, 15) is 22.8 Å². The Morgan fingerprint density at radius 3 is 2.15 bits per heavy atom. The highest BCUT2D eigenvalue weighted by Gasteiger charge is 2.30. The summed E-state index contributed by atoms with van der Waals surface area (Å²) in [5, 5.41) is 5.11. The Bertz CT molecular complexity index is 1160. The SMILES string of the molecule is Cc1cc(Br)cc(C)c1OCC(=O)Nc1ccc(C(=O)Nc2cccc(C(F)(F)F)c2)cc1. The van der Waals surface area contributed by atoms with Crippen LogP contribution in [-0.4, -0.2) is 18.4 Å². The highest BCUT2D eigenvalue weighted by Crippen LogP contribution is 2.31. The number of nitrogens with one attached hydrogen (secondary N) is 2. The quantitative estimate of drug-likeness (QED) is 0.397. The monoisotopic (exact) mass is 520 g/mol. The van der Waals surface area contributed by atoms with Gasteiger partial charge in [-0.2, -0.15) is 13.2 Å². The van der Waals surface area contributed by atoms with Crippen molar-refractivity contribution < 1.29 is 27.5 Å². The van der Waals surface area contributed by atoms with Crippen LogP contribution in [0.25, 0.3) is 0 Å². The number of halogens is 4. The molecule has 3 aromatic rings. The van der Waals surface area contributed by atoms with Gasteiger partial charge in [0.25, 0.3) is 11.8 Å². The lowest BCUT2D eigenvalue weighted by molar-refractivity contribution is -0.137. The first-order valence-corrected chi connectivity index (χ1v) is 10.6. The second kappa shape index (κ2) is 10.1. The third kappa shape index (κ3) is 6.58. The molecule has 172 valence electrons. The van der Waals surface area contributed by atoms with Gasteiger partial charge in [-0.25, -0.2) is 0 Å². The van der Waals surface area contributed by atoms with Crippen molar-refractivity contribution >= 4 is 39.1 Å². The Kier molecular flexibility index (Phi) is 7.43. The summed E-state index contributed by atoms with van der Waals surface area (Å²) in [6.07, 6.45) is -4.50. The van der Waals surface area contributed by atoms with Crippen molar-refractivity contribution in [2.24, 2.45) is 0 Å². The molecule has 3 aromatic carbocycles. The van der Waals surface area contributed by atoms with E-state index in [1.54, 1.807) is 0 Å². The molecule has 0 spiro atoms. The summed E-state index contributed by atoms with van der Waals surface area (Å²) >= 11 is 3.41. The molecule has 5 nitrogen and oxygen atoms in total. The molecular formula is C24H20BrF3N2O3. The van der Waals surface area contributed by atoms with Crippen LogP contribution in [0, 0.1) is 13.8 Å². The van der Waals surface area contributed by atoms with E-state index in [1.807, 2.05) is 26.0 Å². The van der Waals surface area contributed by atoms with Crippen LogP contribution >= 0.6 is 15.9 Å². The molecule has 0 radical (unpaired) electrons. The Hall–Kier alpha value is -3.33. The third-order valence-electron chi connectivity index (χ3n) is 4.65. The van der Waals surface area contributed by atoms with Crippen LogP contribution in [0.15, 0.2) is 65.1 Å². The molecule has 0 aliphatic carbocycles. The zero-order chi connectivity index (χ0) is 24.2. The van der Waals surface area contributed by atoms with Crippen LogP contribution in [0.5, 0.6) is 5.75 Å². The number of alkyl halides is 3. The first kappa shape index (κ1) is 24.3. The molecule has 0 aliphatic rings. The predicted molar refractivity (Wildman–Crippen MR) is 124 cm³/mol. The summed E-state index contributed by atoms with van der Waals surface area (Å²) in [5.41, 5.74) is 1.64. The topological polar surface area (TPSA) is 67.4 Å². The first-order valence-electron chi connectivity index (χ1n) is 9.81. The van der Waals surface area contributed by atoms with Crippen LogP contribution in [0.2, 0.25) is 0 Å². The van der Waals surface area contributed by atoms with E-state index in [2.05, 4.69) is 26.6 Å². The number of rotatable bonds is 6. The summed E-state index contributed by atoms with van der Waals surface area (Å²) in [7, 11) is 0. The molecule has 0 bridgehead atoms. The molecule has 33 heavy (non-hydrogen) atoms. The molecule has 0 saturated carbocycles. The fourth-order valence-electron chi connectivity index (χ4n) is 3.14. The first-order chi connectivity index (χ1) is 15.5. The number of benzene rings is 3. The molecule has 0 aliphatic heterocycles. The van der Waals surface area contributed by atoms with E-state index in [-0.39, 0.29) is 23.8 Å². The van der Waals surface area contributed by atoms with Crippen LogP contribution in [0.4, 0.5) is 24.5 Å². The molecule has 0 heterocycles. The van der Waals surface area contributed by atoms with Gasteiger partial charge in [0.2, 0.25) is 0 Å². The molecule has 0 fully saturated rings. The van der Waals surface area contributed by atoms with E-state index in [0.29, 0.717) is 11.4 Å². The van der Waals surface area contributed by atoms with E-state index in [0.717, 1.165) is 27.7 Å². The van der Waals surface area contributed by atoms with Crippen molar-refractivity contribution in [1.29, 1.82) is 0 Å². The molecule has 3 rings (SSSR count). The van der Waals surface area contributed by atoms with Crippen molar-refractivity contribution in [3.8, 4) is 5.75 Å². The van der Waals surface area contributed by atoms with E-state index >= 15 is 0 Å². The van der Waals surface area contributed by atoms with Gasteiger partial charge in [-0.15, -0.1) is 0 Å². The Labute approximate surface area is 197 Å². The van der Waals surface area contributed by atoms with E-state index < -0.39 is 17.6 Å². The number of amides is 2. The maximum atomic E-state index is 12.8. The summed E-state index contributed by atoms with van der Waals surface area (Å²) in [6, 6.07) is 14.1. The molecule has 9 heteroatoms. The van der Waals surface area contributed by atoms with Gasteiger partial charge >= 0.3 is 6.18 Å². The second-order valence-electron chi connectivity index (χ2n) is 7.32. The minimum absolute atomic E-state index is 0.0304. The van der Waals surface area contributed by atoms with Gasteiger partial charge in [0.15, 0.2) is 6.61 Å². The minimum Gasteiger partial charge on any atom is -0.483 e. The lowest BCUT2D eigenvalue weighted by Crippen LogP contribution is -2.21. The fraction of sp³-hybridized carbons (Fsp3) is 0.167. The molecular weight excluding hydrogens is 501 g/mol. The van der Waals surface area contributed by atoms with Crippen LogP contribution in [0.1, 0.15) is 27.0 Å². The number of carbonyl (C=O) groups is 2. The van der Waals surface area contributed by atoms with Gasteiger partial charge in [-0.3, -0.25) is 9.59 Å². The molecule has 0 atom stereocenters. The molecule has 0 aromatic heterocycles. The lowest BCUT2D eigenvalue weighted by atomic mass is 10.1. The zero-order valence-corrected chi connectivity index (χ0v) is 19.3. The summed E-state index contributed by atoms with van der Waals surface area (Å²) in [6.45, 7) is 3.57. The Balaban J connectivity index is 1.58. The number of anilines is 2. The molecule has 0 unspecified atom stereocenters. The van der Waals surface area contributed by atoms with E-state index in [1.165, 1.54) is 36.4 Å². The highest BCUT2D eigenvalue weighted by molar-refractivity contribution is 9.10. The van der Waals surface area contributed by atoms with Crippen LogP contribution in [-0.2, 0) is 11.0 Å². The standard InChI is InChI=1S/C24H20BrF3N2O3/c1-14-10-18(25)11-15(2)22(14)33-13-21(31)29-19-8-6-16(7-9-19)23(32)30-20-5-3-4-17(12-20)24(26,27)28/h3-12H,13H2,1-2H3,(H,29,31)(H,30,32). The number of ether oxygens (including phenoxy) is 1. The summed E-state index contributed by atoms with van der Waals surface area (Å²) in [5.74, 6) is -0.315. The van der Waals surface area contributed by atoms with Crippen molar-refractivity contribution in [2.45, 2.75) is 20.0 Å². The third-order valence-corrected chi connectivity index (χ3v) is 5.11. The average molecular weight is 521 g/mol. The maximum Gasteiger partial charge on any atom is 0.416 e. The van der Waals surface area contributed by atoms with Crippen LogP contribution < -0.4 is 15.4 Å². The van der Waals surface area contributed by atoms with E-state index in [4.69, 9.17) is 4.74 Å².